The highest BCUT2D eigenvalue weighted by molar-refractivity contribution is 5.68. The molecule has 2 nitrogen and oxygen atoms in total. The summed E-state index contributed by atoms with van der Waals surface area (Å²) in [4.78, 5) is 10.9. The summed E-state index contributed by atoms with van der Waals surface area (Å²) < 4.78 is 4.62. The highest BCUT2D eigenvalue weighted by Gasteiger charge is 1.99. The van der Waals surface area contributed by atoms with E-state index in [1.165, 1.54) is 84.2 Å². The quantitative estimate of drug-likeness (QED) is 0.232. The summed E-state index contributed by atoms with van der Waals surface area (Å²) in [6, 6.07) is 0. The molecule has 0 aromatic carbocycles. The van der Waals surface area contributed by atoms with Crippen molar-refractivity contribution in [3.63, 3.8) is 0 Å². The molecule has 0 N–H and O–H groups in total. The van der Waals surface area contributed by atoms with Crippen molar-refractivity contribution in [2.24, 2.45) is 0 Å². The summed E-state index contributed by atoms with van der Waals surface area (Å²) in [7, 11) is 1.46. The molecule has 0 rings (SSSR count). The Balaban J connectivity index is 2.97. The standard InChI is InChI=1S/C17H34O2/c1-3-4-5-6-7-8-9-10-11-12-13-14-15-16-17(18)19-2/h3-16H2,1-2H3/i2+1. The zero-order valence-electron chi connectivity index (χ0n) is 13.2. The molecular formula is C17H34O2. The Kier molecular flexibility index (Phi) is 15.1. The SMILES string of the molecule is CCCCCCCCCCCCCCCC(=O)O[13CH3]. The summed E-state index contributed by atoms with van der Waals surface area (Å²) in [6.45, 7) is 2.27. The number of ether oxygens (including phenoxy) is 1. The minimum Gasteiger partial charge on any atom is -0.469 e. The number of esters is 1. The number of hydrogen-bond donors (Lipinski definition) is 0. The second-order valence-corrected chi connectivity index (χ2v) is 5.57. The van der Waals surface area contributed by atoms with Gasteiger partial charge in [-0.15, -0.1) is 0 Å². The Morgan fingerprint density at radius 2 is 1.05 bits per heavy atom. The van der Waals surface area contributed by atoms with Gasteiger partial charge in [0.25, 0.3) is 0 Å². The van der Waals surface area contributed by atoms with Crippen LogP contribution in [0.1, 0.15) is 96.8 Å². The van der Waals surface area contributed by atoms with Crippen LogP contribution in [0.5, 0.6) is 0 Å². The van der Waals surface area contributed by atoms with E-state index < -0.39 is 0 Å². The number of unbranched alkanes of at least 4 members (excludes halogenated alkanes) is 12. The van der Waals surface area contributed by atoms with Crippen LogP contribution in [0.15, 0.2) is 0 Å². The van der Waals surface area contributed by atoms with Crippen LogP contribution in [0.25, 0.3) is 0 Å². The molecule has 0 bridgehead atoms. The Hall–Kier alpha value is -0.530. The van der Waals surface area contributed by atoms with Crippen molar-refractivity contribution in [2.45, 2.75) is 96.8 Å². The number of rotatable bonds is 14. The van der Waals surface area contributed by atoms with Crippen LogP contribution in [0.2, 0.25) is 0 Å². The lowest BCUT2D eigenvalue weighted by molar-refractivity contribution is -0.140. The summed E-state index contributed by atoms with van der Waals surface area (Å²) in [5.74, 6) is -0.0666. The van der Waals surface area contributed by atoms with E-state index in [0.717, 1.165) is 6.42 Å². The van der Waals surface area contributed by atoms with Gasteiger partial charge in [0, 0.05) is 6.42 Å². The molecule has 0 radical (unpaired) electrons. The van der Waals surface area contributed by atoms with Crippen molar-refractivity contribution >= 4 is 5.97 Å². The van der Waals surface area contributed by atoms with Gasteiger partial charge in [-0.05, 0) is 6.42 Å². The van der Waals surface area contributed by atoms with Crippen molar-refractivity contribution in [1.29, 1.82) is 0 Å². The number of carbonyl (C=O) groups is 1. The van der Waals surface area contributed by atoms with E-state index in [4.69, 9.17) is 0 Å². The summed E-state index contributed by atoms with van der Waals surface area (Å²) in [5, 5.41) is 0. The first-order valence-corrected chi connectivity index (χ1v) is 8.38. The lowest BCUT2D eigenvalue weighted by Crippen LogP contribution is -1.99. The molecule has 19 heavy (non-hydrogen) atoms. The highest BCUT2D eigenvalue weighted by atomic mass is 16.6. The molecule has 0 aromatic heterocycles. The van der Waals surface area contributed by atoms with Crippen LogP contribution in [-0.4, -0.2) is 13.1 Å². The molecule has 0 spiro atoms. The highest BCUT2D eigenvalue weighted by Crippen LogP contribution is 2.12. The summed E-state index contributed by atoms with van der Waals surface area (Å²) in [5.41, 5.74) is 0. The van der Waals surface area contributed by atoms with Gasteiger partial charge in [-0.1, -0.05) is 84.0 Å². The molecule has 114 valence electrons. The molecular weight excluding hydrogens is 237 g/mol. The Labute approximate surface area is 120 Å². The van der Waals surface area contributed by atoms with Gasteiger partial charge in [0.05, 0.1) is 7.11 Å². The minimum absolute atomic E-state index is 0.0666. The van der Waals surface area contributed by atoms with Crippen LogP contribution in [0.4, 0.5) is 0 Å². The third-order valence-corrected chi connectivity index (χ3v) is 3.71. The maximum atomic E-state index is 10.9. The smallest absolute Gasteiger partial charge is 0.305 e. The fourth-order valence-corrected chi connectivity index (χ4v) is 2.39. The van der Waals surface area contributed by atoms with Crippen molar-refractivity contribution in [3.8, 4) is 0 Å². The zero-order chi connectivity index (χ0) is 14.2. The third kappa shape index (κ3) is 15.4. The maximum absolute atomic E-state index is 10.9. The van der Waals surface area contributed by atoms with E-state index in [-0.39, 0.29) is 5.97 Å². The molecule has 0 heterocycles. The van der Waals surface area contributed by atoms with Gasteiger partial charge < -0.3 is 4.74 Å². The van der Waals surface area contributed by atoms with Gasteiger partial charge >= 0.3 is 5.97 Å². The molecule has 0 aliphatic heterocycles. The monoisotopic (exact) mass is 271 g/mol. The predicted octanol–water partition coefficient (Wildman–Crippen LogP) is 5.64. The van der Waals surface area contributed by atoms with Crippen molar-refractivity contribution in [2.75, 3.05) is 7.11 Å². The Bertz CT molecular complexity index is 190. The number of methoxy groups -OCH3 is 1. The van der Waals surface area contributed by atoms with Gasteiger partial charge in [-0.2, -0.15) is 0 Å². The average molecular weight is 271 g/mol. The van der Waals surface area contributed by atoms with E-state index >= 15 is 0 Å². The van der Waals surface area contributed by atoms with E-state index in [0.29, 0.717) is 6.42 Å². The topological polar surface area (TPSA) is 26.3 Å². The van der Waals surface area contributed by atoms with Crippen molar-refractivity contribution in [1.82, 2.24) is 0 Å². The van der Waals surface area contributed by atoms with Crippen molar-refractivity contribution < 1.29 is 9.53 Å². The molecule has 0 amide bonds. The summed E-state index contributed by atoms with van der Waals surface area (Å²) >= 11 is 0. The first kappa shape index (κ1) is 18.5. The Morgan fingerprint density at radius 3 is 1.42 bits per heavy atom. The van der Waals surface area contributed by atoms with Crippen LogP contribution in [0, 0.1) is 0 Å². The molecule has 0 saturated carbocycles. The van der Waals surface area contributed by atoms with E-state index in [1.807, 2.05) is 0 Å². The van der Waals surface area contributed by atoms with Gasteiger partial charge in [0.15, 0.2) is 0 Å². The fourth-order valence-electron chi connectivity index (χ4n) is 2.39. The van der Waals surface area contributed by atoms with Crippen LogP contribution in [-0.2, 0) is 9.53 Å². The van der Waals surface area contributed by atoms with Gasteiger partial charge in [0.2, 0.25) is 0 Å². The Morgan fingerprint density at radius 1 is 0.684 bits per heavy atom. The molecule has 0 fully saturated rings. The lowest BCUT2D eigenvalue weighted by atomic mass is 10.0. The minimum atomic E-state index is -0.0666. The maximum Gasteiger partial charge on any atom is 0.305 e. The molecule has 0 aliphatic rings. The molecule has 0 atom stereocenters. The second kappa shape index (κ2) is 15.5. The largest absolute Gasteiger partial charge is 0.469 e. The van der Waals surface area contributed by atoms with E-state index in [9.17, 15) is 4.79 Å². The molecule has 0 aliphatic carbocycles. The number of hydrogen-bond acceptors (Lipinski definition) is 2. The van der Waals surface area contributed by atoms with Crippen LogP contribution >= 0.6 is 0 Å². The first-order chi connectivity index (χ1) is 9.31. The fraction of sp³-hybridized carbons (Fsp3) is 0.941. The normalized spacial score (nSPS) is 10.6. The predicted molar refractivity (Wildman–Crippen MR) is 82.3 cm³/mol. The molecule has 0 aromatic rings. The number of carbonyl (C=O) groups excluding carboxylic acids is 1. The van der Waals surface area contributed by atoms with Crippen molar-refractivity contribution in [3.05, 3.63) is 0 Å². The lowest BCUT2D eigenvalue weighted by Gasteiger charge is -2.03. The van der Waals surface area contributed by atoms with Crippen LogP contribution in [0.3, 0.4) is 0 Å². The third-order valence-electron chi connectivity index (χ3n) is 3.71. The molecule has 0 unspecified atom stereocenters. The van der Waals surface area contributed by atoms with E-state index in [2.05, 4.69) is 11.7 Å². The van der Waals surface area contributed by atoms with Gasteiger partial charge in [-0.3, -0.25) is 4.79 Å². The van der Waals surface area contributed by atoms with Gasteiger partial charge in [-0.25, -0.2) is 0 Å². The molecule has 0 saturated heterocycles. The van der Waals surface area contributed by atoms with E-state index in [1.54, 1.807) is 0 Å². The van der Waals surface area contributed by atoms with Gasteiger partial charge in [0.1, 0.15) is 0 Å². The average Bonchev–Trinajstić information content (AvgIpc) is 2.43. The van der Waals surface area contributed by atoms with Crippen LogP contribution < -0.4 is 0 Å². The summed E-state index contributed by atoms with van der Waals surface area (Å²) in [6.07, 6.45) is 18.0. The second-order valence-electron chi connectivity index (χ2n) is 5.57. The molecule has 2 heteroatoms. The first-order valence-electron chi connectivity index (χ1n) is 8.38. The zero-order valence-corrected chi connectivity index (χ0v) is 13.2.